The molecule has 1 aliphatic rings. The molecule has 0 radical (unpaired) electrons. The fourth-order valence-corrected chi connectivity index (χ4v) is 1.18. The Balaban J connectivity index is 2.17. The highest BCUT2D eigenvalue weighted by atomic mass is 16.5. The topological polar surface area (TPSA) is 59.6 Å². The molecule has 14 heavy (non-hydrogen) atoms. The van der Waals surface area contributed by atoms with E-state index in [1.165, 1.54) is 0 Å². The number of urea groups is 1. The summed E-state index contributed by atoms with van der Waals surface area (Å²) in [6, 6.07) is -0.180. The van der Waals surface area contributed by atoms with E-state index in [1.54, 1.807) is 0 Å². The fourth-order valence-electron chi connectivity index (χ4n) is 1.18. The van der Waals surface area contributed by atoms with Crippen LogP contribution in [-0.2, 0) is 9.47 Å². The molecule has 5 nitrogen and oxygen atoms in total. The Morgan fingerprint density at radius 3 is 2.57 bits per heavy atom. The van der Waals surface area contributed by atoms with Crippen molar-refractivity contribution in [3.63, 3.8) is 0 Å². The van der Waals surface area contributed by atoms with E-state index in [2.05, 4.69) is 10.6 Å². The van der Waals surface area contributed by atoms with Crippen LogP contribution in [0, 0.1) is 0 Å². The summed E-state index contributed by atoms with van der Waals surface area (Å²) >= 11 is 0. The molecular weight excluding hydrogens is 184 g/mol. The second-order valence-corrected chi connectivity index (χ2v) is 3.25. The lowest BCUT2D eigenvalue weighted by Gasteiger charge is -2.15. The smallest absolute Gasteiger partial charge is 0.315 e. The molecule has 0 saturated carbocycles. The number of rotatable bonds is 3. The van der Waals surface area contributed by atoms with E-state index in [0.717, 1.165) is 6.42 Å². The summed E-state index contributed by atoms with van der Waals surface area (Å²) in [4.78, 5) is 11.2. The summed E-state index contributed by atoms with van der Waals surface area (Å²) in [5, 5.41) is 5.53. The van der Waals surface area contributed by atoms with Gasteiger partial charge in [0.25, 0.3) is 0 Å². The Labute approximate surface area is 84.1 Å². The van der Waals surface area contributed by atoms with Gasteiger partial charge in [0.1, 0.15) is 0 Å². The highest BCUT2D eigenvalue weighted by molar-refractivity contribution is 5.74. The minimum atomic E-state index is -0.147. The van der Waals surface area contributed by atoms with Crippen LogP contribution in [0.25, 0.3) is 0 Å². The van der Waals surface area contributed by atoms with Crippen LogP contribution < -0.4 is 10.6 Å². The van der Waals surface area contributed by atoms with Gasteiger partial charge in [-0.3, -0.25) is 0 Å². The van der Waals surface area contributed by atoms with Gasteiger partial charge in [-0.05, 0) is 6.42 Å². The third-order valence-corrected chi connectivity index (χ3v) is 1.88. The van der Waals surface area contributed by atoms with Crippen LogP contribution in [-0.4, -0.2) is 45.0 Å². The molecule has 1 heterocycles. The zero-order chi connectivity index (χ0) is 10.2. The molecule has 1 fully saturated rings. The number of nitrogens with one attached hydrogen (secondary N) is 2. The molecule has 0 aromatic rings. The van der Waals surface area contributed by atoms with Crippen molar-refractivity contribution in [1.29, 1.82) is 0 Å². The maximum absolute atomic E-state index is 11.2. The van der Waals surface area contributed by atoms with Crippen LogP contribution in [0.1, 0.15) is 13.3 Å². The summed E-state index contributed by atoms with van der Waals surface area (Å²) in [6.07, 6.45) is 0.936. The largest absolute Gasteiger partial charge is 0.377 e. The first-order chi connectivity index (χ1) is 6.83. The average molecular weight is 202 g/mol. The summed E-state index contributed by atoms with van der Waals surface area (Å²) in [7, 11) is 0. The average Bonchev–Trinajstić information content (AvgIpc) is 2.43. The molecule has 2 amide bonds. The normalized spacial score (nSPS) is 18.6. The molecule has 1 saturated heterocycles. The van der Waals surface area contributed by atoms with E-state index >= 15 is 0 Å². The molecule has 0 atom stereocenters. The summed E-state index contributed by atoms with van der Waals surface area (Å²) in [5.74, 6) is 0. The Kier molecular flexibility index (Phi) is 5.32. The third-order valence-electron chi connectivity index (χ3n) is 1.88. The summed E-state index contributed by atoms with van der Waals surface area (Å²) in [5.41, 5.74) is 0. The molecule has 1 aliphatic heterocycles. The predicted molar refractivity (Wildman–Crippen MR) is 52.3 cm³/mol. The van der Waals surface area contributed by atoms with Crippen molar-refractivity contribution < 1.29 is 14.3 Å². The van der Waals surface area contributed by atoms with Crippen molar-refractivity contribution in [2.45, 2.75) is 19.4 Å². The van der Waals surface area contributed by atoms with Gasteiger partial charge in [0, 0.05) is 6.54 Å². The zero-order valence-electron chi connectivity index (χ0n) is 8.54. The standard InChI is InChI=1S/C9H18N2O3/c1-2-3-10-9(12)11-8-6-13-4-5-14-7-8/h8H,2-7H2,1H3,(H2,10,11,12). The van der Waals surface area contributed by atoms with Crippen molar-refractivity contribution in [3.8, 4) is 0 Å². The number of carbonyl (C=O) groups excluding carboxylic acids is 1. The van der Waals surface area contributed by atoms with Gasteiger partial charge in [0.2, 0.25) is 0 Å². The first-order valence-electron chi connectivity index (χ1n) is 5.02. The second-order valence-electron chi connectivity index (χ2n) is 3.25. The Bertz CT molecular complexity index is 167. The van der Waals surface area contributed by atoms with E-state index in [9.17, 15) is 4.79 Å². The Morgan fingerprint density at radius 2 is 2.00 bits per heavy atom. The van der Waals surface area contributed by atoms with Gasteiger partial charge in [-0.2, -0.15) is 0 Å². The van der Waals surface area contributed by atoms with Crippen LogP contribution in [0.3, 0.4) is 0 Å². The van der Waals surface area contributed by atoms with E-state index in [-0.39, 0.29) is 12.1 Å². The van der Waals surface area contributed by atoms with Gasteiger partial charge in [-0.15, -0.1) is 0 Å². The predicted octanol–water partition coefficient (Wildman–Crippen LogP) is 0.111. The number of amides is 2. The number of ether oxygens (including phenoxy) is 2. The third kappa shape index (κ3) is 4.43. The highest BCUT2D eigenvalue weighted by Crippen LogP contribution is 1.94. The van der Waals surface area contributed by atoms with E-state index in [0.29, 0.717) is 33.0 Å². The lowest BCUT2D eigenvalue weighted by atomic mass is 10.3. The minimum Gasteiger partial charge on any atom is -0.377 e. The lowest BCUT2D eigenvalue weighted by molar-refractivity contribution is 0.103. The van der Waals surface area contributed by atoms with Gasteiger partial charge >= 0.3 is 6.03 Å². The van der Waals surface area contributed by atoms with Gasteiger partial charge in [0.05, 0.1) is 32.5 Å². The number of hydrogen-bond donors (Lipinski definition) is 2. The van der Waals surface area contributed by atoms with Crippen LogP contribution in [0.4, 0.5) is 4.79 Å². The maximum Gasteiger partial charge on any atom is 0.315 e. The highest BCUT2D eigenvalue weighted by Gasteiger charge is 2.14. The Morgan fingerprint density at radius 1 is 1.36 bits per heavy atom. The molecule has 0 aromatic carbocycles. The molecule has 0 bridgehead atoms. The fraction of sp³-hybridized carbons (Fsp3) is 0.889. The van der Waals surface area contributed by atoms with Gasteiger partial charge in [0.15, 0.2) is 0 Å². The van der Waals surface area contributed by atoms with Gasteiger partial charge in [-0.1, -0.05) is 6.92 Å². The second kappa shape index (κ2) is 6.62. The van der Waals surface area contributed by atoms with Crippen molar-refractivity contribution in [2.75, 3.05) is 33.0 Å². The monoisotopic (exact) mass is 202 g/mol. The molecule has 82 valence electrons. The number of hydrogen-bond acceptors (Lipinski definition) is 3. The molecule has 0 spiro atoms. The van der Waals surface area contributed by atoms with Crippen LogP contribution in [0.2, 0.25) is 0 Å². The summed E-state index contributed by atoms with van der Waals surface area (Å²) in [6.45, 7) is 4.97. The molecule has 2 N–H and O–H groups in total. The first kappa shape index (κ1) is 11.3. The molecule has 0 aliphatic carbocycles. The molecule has 0 aromatic heterocycles. The zero-order valence-corrected chi connectivity index (χ0v) is 8.54. The van der Waals surface area contributed by atoms with Crippen LogP contribution in [0.5, 0.6) is 0 Å². The molecule has 1 rings (SSSR count). The van der Waals surface area contributed by atoms with E-state index in [1.807, 2.05) is 6.92 Å². The maximum atomic E-state index is 11.2. The summed E-state index contributed by atoms with van der Waals surface area (Å²) < 4.78 is 10.5. The van der Waals surface area contributed by atoms with Crippen LogP contribution >= 0.6 is 0 Å². The molecule has 5 heteroatoms. The van der Waals surface area contributed by atoms with Gasteiger partial charge in [-0.25, -0.2) is 4.79 Å². The SMILES string of the molecule is CCCNC(=O)NC1COCCOC1. The van der Waals surface area contributed by atoms with Crippen molar-refractivity contribution >= 4 is 6.03 Å². The quantitative estimate of drug-likeness (QED) is 0.683. The Hall–Kier alpha value is -0.810. The van der Waals surface area contributed by atoms with E-state index in [4.69, 9.17) is 9.47 Å². The number of carbonyl (C=O) groups is 1. The lowest BCUT2D eigenvalue weighted by Crippen LogP contribution is -2.46. The van der Waals surface area contributed by atoms with Crippen molar-refractivity contribution in [2.24, 2.45) is 0 Å². The van der Waals surface area contributed by atoms with Crippen molar-refractivity contribution in [1.82, 2.24) is 10.6 Å². The molecule has 0 unspecified atom stereocenters. The first-order valence-corrected chi connectivity index (χ1v) is 5.02. The van der Waals surface area contributed by atoms with E-state index < -0.39 is 0 Å². The van der Waals surface area contributed by atoms with Crippen LogP contribution in [0.15, 0.2) is 0 Å². The minimum absolute atomic E-state index is 0.0330. The van der Waals surface area contributed by atoms with Gasteiger partial charge < -0.3 is 20.1 Å². The van der Waals surface area contributed by atoms with Crippen molar-refractivity contribution in [3.05, 3.63) is 0 Å². The molecular formula is C9H18N2O3.